The molecule has 0 saturated heterocycles. The van der Waals surface area contributed by atoms with Crippen LogP contribution in [0, 0.1) is 17.3 Å². The van der Waals surface area contributed by atoms with E-state index in [1.54, 1.807) is 0 Å². The van der Waals surface area contributed by atoms with Gasteiger partial charge in [-0.25, -0.2) is 0 Å². The summed E-state index contributed by atoms with van der Waals surface area (Å²) >= 11 is 0. The normalized spacial score (nSPS) is 16.6. The summed E-state index contributed by atoms with van der Waals surface area (Å²) in [4.78, 5) is 0. The van der Waals surface area contributed by atoms with Crippen molar-refractivity contribution in [2.24, 2.45) is 5.41 Å². The third-order valence-corrected chi connectivity index (χ3v) is 1.79. The molecule has 0 atom stereocenters. The first-order valence-corrected chi connectivity index (χ1v) is 4.86. The molecule has 1 aliphatic rings. The minimum absolute atomic E-state index is 0.411. The molecule has 0 radical (unpaired) electrons. The largest absolute Gasteiger partial charge is 0.107 e. The maximum absolute atomic E-state index is 2.86. The fourth-order valence-corrected chi connectivity index (χ4v) is 1.01. The van der Waals surface area contributed by atoms with E-state index in [0.717, 1.165) is 6.42 Å². The van der Waals surface area contributed by atoms with Crippen LogP contribution in [0.5, 0.6) is 0 Å². The predicted octanol–water partition coefficient (Wildman–Crippen LogP) is 3.95. The zero-order valence-corrected chi connectivity index (χ0v) is 9.22. The Morgan fingerprint density at radius 1 is 1.31 bits per heavy atom. The lowest BCUT2D eigenvalue weighted by molar-refractivity contribution is 0.484. The van der Waals surface area contributed by atoms with Crippen molar-refractivity contribution in [3.63, 3.8) is 0 Å². The lowest BCUT2D eigenvalue weighted by atomic mass is 9.86. The summed E-state index contributed by atoms with van der Waals surface area (Å²) in [5, 5.41) is 0. The van der Waals surface area contributed by atoms with Gasteiger partial charge in [-0.05, 0) is 18.8 Å². The first-order valence-electron chi connectivity index (χ1n) is 4.86. The highest BCUT2D eigenvalue weighted by Crippen LogP contribution is 2.24. The predicted molar refractivity (Wildman–Crippen MR) is 60.4 cm³/mol. The van der Waals surface area contributed by atoms with E-state index in [9.17, 15) is 0 Å². The molecule has 0 aromatic carbocycles. The fraction of sp³-hybridized carbons (Fsp3) is 0.538. The molecule has 72 valence electrons. The molecule has 13 heavy (non-hydrogen) atoms. The fourth-order valence-electron chi connectivity index (χ4n) is 1.01. The van der Waals surface area contributed by atoms with Crippen LogP contribution in [0.1, 0.15) is 40.5 Å². The molecule has 0 nitrogen and oxygen atoms in total. The molecule has 0 fully saturated rings. The molecule has 0 unspecified atom stereocenters. The molecule has 0 N–H and O–H groups in total. The van der Waals surface area contributed by atoms with E-state index in [2.05, 4.69) is 50.0 Å². The van der Waals surface area contributed by atoms with Gasteiger partial charge < -0.3 is 0 Å². The summed E-state index contributed by atoms with van der Waals surface area (Å²) in [5.74, 6) is 5.63. The first-order chi connectivity index (χ1) is 6.12. The molecule has 0 aliphatic heterocycles. The van der Waals surface area contributed by atoms with E-state index in [1.807, 2.05) is 13.8 Å². The van der Waals surface area contributed by atoms with Gasteiger partial charge >= 0.3 is 0 Å². The Balaban J connectivity index is 0.000000252. The second-order valence-corrected chi connectivity index (χ2v) is 3.76. The highest BCUT2D eigenvalue weighted by atomic mass is 14.2. The Labute approximate surface area is 82.7 Å². The van der Waals surface area contributed by atoms with Gasteiger partial charge in [0, 0.05) is 6.42 Å². The van der Waals surface area contributed by atoms with Gasteiger partial charge in [-0.1, -0.05) is 45.1 Å². The summed E-state index contributed by atoms with van der Waals surface area (Å²) in [7, 11) is 0. The number of hydrogen-bond acceptors (Lipinski definition) is 0. The van der Waals surface area contributed by atoms with Gasteiger partial charge in [0.15, 0.2) is 0 Å². The highest BCUT2D eigenvalue weighted by Gasteiger charge is 2.11. The van der Waals surface area contributed by atoms with Crippen molar-refractivity contribution in [1.82, 2.24) is 0 Å². The van der Waals surface area contributed by atoms with Gasteiger partial charge in [0.1, 0.15) is 0 Å². The van der Waals surface area contributed by atoms with E-state index in [4.69, 9.17) is 0 Å². The van der Waals surface area contributed by atoms with Crippen molar-refractivity contribution in [3.05, 3.63) is 24.3 Å². The Bertz CT molecular complexity index is 230. The van der Waals surface area contributed by atoms with Crippen LogP contribution in [0.3, 0.4) is 0 Å². The number of hydrogen-bond donors (Lipinski definition) is 0. The highest BCUT2D eigenvalue weighted by molar-refractivity contribution is 5.14. The smallest absolute Gasteiger partial charge is 0.00601 e. The van der Waals surface area contributed by atoms with Gasteiger partial charge in [0.2, 0.25) is 0 Å². The molecule has 0 aromatic rings. The Hall–Kier alpha value is -0.960. The number of rotatable bonds is 0. The Kier molecular flexibility index (Phi) is 6.06. The first kappa shape index (κ1) is 12.0. The van der Waals surface area contributed by atoms with Crippen molar-refractivity contribution in [2.75, 3.05) is 0 Å². The lowest BCUT2D eigenvalue weighted by Crippen LogP contribution is -2.06. The average molecular weight is 176 g/mol. The zero-order valence-electron chi connectivity index (χ0n) is 9.22. The molecular weight excluding hydrogens is 156 g/mol. The molecule has 0 heterocycles. The van der Waals surface area contributed by atoms with E-state index in [0.29, 0.717) is 5.41 Å². The number of allylic oxidation sites excluding steroid dienone is 4. The summed E-state index contributed by atoms with van der Waals surface area (Å²) in [6.07, 6.45) is 10.8. The maximum Gasteiger partial charge on any atom is 0.00601 e. The van der Waals surface area contributed by atoms with E-state index < -0.39 is 0 Å². The SMILES string of the molecule is CC#CCC.CC1(C)C=CC=CC1. The van der Waals surface area contributed by atoms with Crippen LogP contribution in [0.15, 0.2) is 24.3 Å². The molecule has 0 heteroatoms. The van der Waals surface area contributed by atoms with Crippen LogP contribution in [-0.2, 0) is 0 Å². The van der Waals surface area contributed by atoms with Crippen molar-refractivity contribution in [2.45, 2.75) is 40.5 Å². The van der Waals surface area contributed by atoms with Crippen molar-refractivity contribution >= 4 is 0 Å². The minimum Gasteiger partial charge on any atom is -0.107 e. The molecule has 0 saturated carbocycles. The van der Waals surface area contributed by atoms with Gasteiger partial charge in [-0.2, -0.15) is 0 Å². The Morgan fingerprint density at radius 3 is 2.15 bits per heavy atom. The molecule has 0 aromatic heterocycles. The van der Waals surface area contributed by atoms with Crippen LogP contribution in [0.25, 0.3) is 0 Å². The molecule has 0 amide bonds. The average Bonchev–Trinajstić information content (AvgIpc) is 2.06. The molecule has 1 rings (SSSR count). The van der Waals surface area contributed by atoms with Gasteiger partial charge in [0.05, 0.1) is 0 Å². The van der Waals surface area contributed by atoms with Crippen LogP contribution in [-0.4, -0.2) is 0 Å². The third-order valence-electron chi connectivity index (χ3n) is 1.79. The van der Waals surface area contributed by atoms with Crippen molar-refractivity contribution in [3.8, 4) is 11.8 Å². The monoisotopic (exact) mass is 176 g/mol. The van der Waals surface area contributed by atoms with Gasteiger partial charge in [0.25, 0.3) is 0 Å². The standard InChI is InChI=1S/C8H12.C5H8/c1-8(2)6-4-3-5-7-8;1-3-5-4-2/h3-6H,7H2,1-2H3;3H2,1-2H3. The van der Waals surface area contributed by atoms with E-state index >= 15 is 0 Å². The maximum atomic E-state index is 2.86. The van der Waals surface area contributed by atoms with Crippen LogP contribution < -0.4 is 0 Å². The molecule has 1 aliphatic carbocycles. The van der Waals surface area contributed by atoms with Gasteiger partial charge in [-0.3, -0.25) is 0 Å². The molecule has 0 spiro atoms. The van der Waals surface area contributed by atoms with Crippen LogP contribution >= 0.6 is 0 Å². The topological polar surface area (TPSA) is 0 Å². The summed E-state index contributed by atoms with van der Waals surface area (Å²) in [5.41, 5.74) is 0.411. The summed E-state index contributed by atoms with van der Waals surface area (Å²) in [6.45, 7) is 8.38. The lowest BCUT2D eigenvalue weighted by Gasteiger charge is -2.19. The Morgan fingerprint density at radius 2 is 2.00 bits per heavy atom. The second-order valence-electron chi connectivity index (χ2n) is 3.76. The minimum atomic E-state index is 0.411. The van der Waals surface area contributed by atoms with Crippen LogP contribution in [0.2, 0.25) is 0 Å². The zero-order chi connectivity index (χ0) is 10.2. The van der Waals surface area contributed by atoms with Crippen molar-refractivity contribution in [1.29, 1.82) is 0 Å². The van der Waals surface area contributed by atoms with Crippen LogP contribution in [0.4, 0.5) is 0 Å². The summed E-state index contributed by atoms with van der Waals surface area (Å²) in [6, 6.07) is 0. The third kappa shape index (κ3) is 7.40. The molecule has 0 bridgehead atoms. The van der Waals surface area contributed by atoms with Crippen molar-refractivity contribution < 1.29 is 0 Å². The van der Waals surface area contributed by atoms with E-state index in [-0.39, 0.29) is 0 Å². The summed E-state index contributed by atoms with van der Waals surface area (Å²) < 4.78 is 0. The van der Waals surface area contributed by atoms with Gasteiger partial charge in [-0.15, -0.1) is 11.8 Å². The second kappa shape index (κ2) is 6.54. The quantitative estimate of drug-likeness (QED) is 0.490. The molecular formula is C13H20. The van der Waals surface area contributed by atoms with E-state index in [1.165, 1.54) is 6.42 Å².